The summed E-state index contributed by atoms with van der Waals surface area (Å²) in [5, 5.41) is 9.08. The molecule has 1 unspecified atom stereocenters. The van der Waals surface area contributed by atoms with Crippen LogP contribution in [0.1, 0.15) is 12.0 Å². The lowest BCUT2D eigenvalue weighted by atomic mass is 10.1. The van der Waals surface area contributed by atoms with Gasteiger partial charge in [0.1, 0.15) is 0 Å². The van der Waals surface area contributed by atoms with Crippen molar-refractivity contribution in [2.45, 2.75) is 19.0 Å². The number of hydrogen-bond acceptors (Lipinski definition) is 4. The number of nitrogens with zero attached hydrogens (tertiary/aromatic N) is 1. The van der Waals surface area contributed by atoms with Gasteiger partial charge in [0.05, 0.1) is 18.1 Å². The summed E-state index contributed by atoms with van der Waals surface area (Å²) < 4.78 is 49.1. The Morgan fingerprint density at radius 1 is 1.30 bits per heavy atom. The number of aliphatic hydroxyl groups is 1. The molecule has 7 heteroatoms. The second-order valence-corrected chi connectivity index (χ2v) is 7.23. The number of hydrogen-bond donors (Lipinski definition) is 1. The number of sulfone groups is 1. The van der Waals surface area contributed by atoms with Crippen LogP contribution in [0.4, 0.5) is 8.78 Å². The van der Waals surface area contributed by atoms with Crippen molar-refractivity contribution in [2.75, 3.05) is 24.7 Å². The molecule has 112 valence electrons. The molecule has 20 heavy (non-hydrogen) atoms. The molecule has 1 heterocycles. The van der Waals surface area contributed by atoms with E-state index in [1.54, 1.807) is 4.90 Å². The molecule has 4 nitrogen and oxygen atoms in total. The van der Waals surface area contributed by atoms with Crippen LogP contribution in [0, 0.1) is 11.6 Å². The highest BCUT2D eigenvalue weighted by Gasteiger charge is 2.32. The zero-order valence-electron chi connectivity index (χ0n) is 10.9. The van der Waals surface area contributed by atoms with E-state index in [0.29, 0.717) is 18.5 Å². The number of rotatable bonds is 5. The molecule has 1 aliphatic rings. The van der Waals surface area contributed by atoms with Gasteiger partial charge < -0.3 is 5.11 Å². The van der Waals surface area contributed by atoms with Crippen molar-refractivity contribution < 1.29 is 22.3 Å². The van der Waals surface area contributed by atoms with E-state index < -0.39 is 21.5 Å². The summed E-state index contributed by atoms with van der Waals surface area (Å²) in [5.74, 6) is -1.65. The molecule has 0 spiro atoms. The monoisotopic (exact) mass is 305 g/mol. The van der Waals surface area contributed by atoms with Crippen molar-refractivity contribution in [3.8, 4) is 0 Å². The van der Waals surface area contributed by atoms with E-state index in [1.807, 2.05) is 0 Å². The first-order valence-electron chi connectivity index (χ1n) is 6.40. The van der Waals surface area contributed by atoms with Crippen LogP contribution >= 0.6 is 0 Å². The van der Waals surface area contributed by atoms with Gasteiger partial charge in [-0.2, -0.15) is 0 Å². The van der Waals surface area contributed by atoms with Crippen molar-refractivity contribution in [2.24, 2.45) is 0 Å². The number of halogens is 2. The third kappa shape index (κ3) is 3.74. The topological polar surface area (TPSA) is 57.6 Å². The quantitative estimate of drug-likeness (QED) is 0.880. The van der Waals surface area contributed by atoms with Gasteiger partial charge >= 0.3 is 0 Å². The van der Waals surface area contributed by atoms with Crippen LogP contribution in [0.5, 0.6) is 0 Å². The van der Waals surface area contributed by atoms with E-state index in [2.05, 4.69) is 0 Å². The fourth-order valence-corrected chi connectivity index (χ4v) is 4.22. The molecule has 2 rings (SSSR count). The Morgan fingerprint density at radius 2 is 2.05 bits per heavy atom. The van der Waals surface area contributed by atoms with Gasteiger partial charge in [-0.25, -0.2) is 17.2 Å². The summed E-state index contributed by atoms with van der Waals surface area (Å²) in [4.78, 5) is 1.80. The molecule has 0 radical (unpaired) electrons. The van der Waals surface area contributed by atoms with Gasteiger partial charge in [0, 0.05) is 19.1 Å². The highest BCUT2D eigenvalue weighted by molar-refractivity contribution is 7.91. The van der Waals surface area contributed by atoms with Gasteiger partial charge in [-0.15, -0.1) is 0 Å². The predicted octanol–water partition coefficient (Wildman–Crippen LogP) is 0.946. The molecule has 1 aliphatic heterocycles. The lowest BCUT2D eigenvalue weighted by molar-refractivity contribution is 0.153. The van der Waals surface area contributed by atoms with Gasteiger partial charge in [-0.3, -0.25) is 4.90 Å². The lowest BCUT2D eigenvalue weighted by Crippen LogP contribution is -2.37. The van der Waals surface area contributed by atoms with Crippen LogP contribution in [-0.4, -0.2) is 49.1 Å². The van der Waals surface area contributed by atoms with E-state index in [-0.39, 0.29) is 30.7 Å². The zero-order chi connectivity index (χ0) is 14.8. The summed E-state index contributed by atoms with van der Waals surface area (Å²) >= 11 is 0. The van der Waals surface area contributed by atoms with Gasteiger partial charge in [0.25, 0.3) is 0 Å². The van der Waals surface area contributed by atoms with Crippen LogP contribution in [0.2, 0.25) is 0 Å². The van der Waals surface area contributed by atoms with Crippen molar-refractivity contribution in [1.82, 2.24) is 4.90 Å². The maximum Gasteiger partial charge on any atom is 0.159 e. The molecule has 0 aliphatic carbocycles. The van der Waals surface area contributed by atoms with Crippen molar-refractivity contribution in [3.05, 3.63) is 35.4 Å². The summed E-state index contributed by atoms with van der Waals surface area (Å²) in [6.45, 7) is 0.483. The summed E-state index contributed by atoms with van der Waals surface area (Å²) in [5.41, 5.74) is 0.557. The van der Waals surface area contributed by atoms with Gasteiger partial charge in [-0.1, -0.05) is 6.07 Å². The molecule has 1 aromatic rings. The first-order chi connectivity index (χ1) is 9.41. The maximum absolute atomic E-state index is 13.2. The first-order valence-corrected chi connectivity index (χ1v) is 8.22. The maximum atomic E-state index is 13.2. The highest BCUT2D eigenvalue weighted by Crippen LogP contribution is 2.20. The second kappa shape index (κ2) is 6.15. The molecule has 0 saturated carbocycles. The number of aliphatic hydroxyl groups excluding tert-OH is 1. The molecule has 1 fully saturated rings. The Morgan fingerprint density at radius 3 is 2.60 bits per heavy atom. The van der Waals surface area contributed by atoms with E-state index in [9.17, 15) is 17.2 Å². The molecule has 1 atom stereocenters. The third-order valence-electron chi connectivity index (χ3n) is 3.48. The minimum Gasteiger partial charge on any atom is -0.395 e. The van der Waals surface area contributed by atoms with E-state index >= 15 is 0 Å². The second-order valence-electron chi connectivity index (χ2n) is 5.00. The molecular formula is C13H17F2NO3S. The van der Waals surface area contributed by atoms with Crippen LogP contribution in [0.3, 0.4) is 0 Å². The van der Waals surface area contributed by atoms with Crippen molar-refractivity contribution >= 4 is 9.84 Å². The molecule has 1 N–H and O–H groups in total. The molecule has 1 aromatic carbocycles. The average molecular weight is 305 g/mol. The molecule has 0 amide bonds. The van der Waals surface area contributed by atoms with Crippen molar-refractivity contribution in [3.63, 3.8) is 0 Å². The third-order valence-corrected chi connectivity index (χ3v) is 5.23. The number of benzene rings is 1. The Bertz CT molecular complexity index is 577. The zero-order valence-corrected chi connectivity index (χ0v) is 11.7. The van der Waals surface area contributed by atoms with Gasteiger partial charge in [-0.05, 0) is 24.1 Å². The van der Waals surface area contributed by atoms with Crippen LogP contribution in [0.25, 0.3) is 0 Å². The Hall–Kier alpha value is -1.05. The van der Waals surface area contributed by atoms with E-state index in [0.717, 1.165) is 12.1 Å². The van der Waals surface area contributed by atoms with Crippen LogP contribution < -0.4 is 0 Å². The molecule has 0 bridgehead atoms. The minimum atomic E-state index is -3.02. The van der Waals surface area contributed by atoms with Crippen LogP contribution in [0.15, 0.2) is 18.2 Å². The fourth-order valence-electron chi connectivity index (χ4n) is 2.46. The summed E-state index contributed by atoms with van der Waals surface area (Å²) in [6.07, 6.45) is 0.506. The van der Waals surface area contributed by atoms with Gasteiger partial charge in [0.2, 0.25) is 0 Å². The van der Waals surface area contributed by atoms with Crippen LogP contribution in [-0.2, 0) is 16.4 Å². The SMILES string of the molecule is O=S1(=O)CCC(N(CCO)Cc2ccc(F)c(F)c2)C1. The average Bonchev–Trinajstić information content (AvgIpc) is 2.74. The predicted molar refractivity (Wildman–Crippen MR) is 70.9 cm³/mol. The summed E-state index contributed by atoms with van der Waals surface area (Å²) in [7, 11) is -3.02. The Kier molecular flexibility index (Phi) is 4.72. The minimum absolute atomic E-state index is 0.0523. The first kappa shape index (κ1) is 15.3. The van der Waals surface area contributed by atoms with Crippen molar-refractivity contribution in [1.29, 1.82) is 0 Å². The Labute approximate surface area is 116 Å². The highest BCUT2D eigenvalue weighted by atomic mass is 32.2. The summed E-state index contributed by atoms with van der Waals surface area (Å²) in [6, 6.07) is 3.43. The van der Waals surface area contributed by atoms with Gasteiger partial charge in [0.15, 0.2) is 21.5 Å². The van der Waals surface area contributed by atoms with E-state index in [4.69, 9.17) is 5.11 Å². The normalized spacial score (nSPS) is 21.5. The largest absolute Gasteiger partial charge is 0.395 e. The molecule has 0 aromatic heterocycles. The standard InChI is InChI=1S/C13H17F2NO3S/c14-12-2-1-10(7-13(12)15)8-16(4-5-17)11-3-6-20(18,19)9-11/h1-2,7,11,17H,3-6,8-9H2. The van der Waals surface area contributed by atoms with E-state index in [1.165, 1.54) is 6.07 Å². The molecular weight excluding hydrogens is 288 g/mol. The molecule has 1 saturated heterocycles. The Balaban J connectivity index is 2.11. The fraction of sp³-hybridized carbons (Fsp3) is 0.538. The smallest absolute Gasteiger partial charge is 0.159 e. The lowest BCUT2D eigenvalue weighted by Gasteiger charge is -2.27.